The number of H-pyrrole nitrogens is 1. The Morgan fingerprint density at radius 1 is 0.902 bits per heavy atom. The van der Waals surface area contributed by atoms with E-state index in [0.717, 1.165) is 10.9 Å². The lowest BCUT2D eigenvalue weighted by atomic mass is 10.0. The summed E-state index contributed by atoms with van der Waals surface area (Å²) in [5, 5.41) is 27.3. The van der Waals surface area contributed by atoms with E-state index in [2.05, 4.69) is 25.9 Å². The summed E-state index contributed by atoms with van der Waals surface area (Å²) in [6.07, 6.45) is 1.62. The third-order valence-electron chi connectivity index (χ3n) is 6.15. The molecule has 0 aliphatic rings. The van der Waals surface area contributed by atoms with Crippen LogP contribution in [0.2, 0.25) is 0 Å². The first-order valence-electron chi connectivity index (χ1n) is 12.8. The molecule has 41 heavy (non-hydrogen) atoms. The van der Waals surface area contributed by atoms with Gasteiger partial charge in [-0.3, -0.25) is 24.2 Å². The summed E-state index contributed by atoms with van der Waals surface area (Å²) in [7, 11) is 0. The minimum absolute atomic E-state index is 0.0739. The Kier molecular flexibility index (Phi) is 12.5. The molecule has 16 heteroatoms. The molecule has 0 saturated carbocycles. The number of aliphatic hydroxyl groups is 1. The molecule has 0 radical (unpaired) electrons. The van der Waals surface area contributed by atoms with Crippen molar-refractivity contribution in [2.24, 2.45) is 27.9 Å². The summed E-state index contributed by atoms with van der Waals surface area (Å²) in [5.41, 5.74) is 23.0. The Morgan fingerprint density at radius 3 is 2.17 bits per heavy atom. The van der Waals surface area contributed by atoms with E-state index in [9.17, 15) is 34.2 Å². The van der Waals surface area contributed by atoms with Gasteiger partial charge in [-0.05, 0) is 30.9 Å². The van der Waals surface area contributed by atoms with Gasteiger partial charge in [0, 0.05) is 36.5 Å². The minimum Gasteiger partial charge on any atom is -0.480 e. The number of aromatic nitrogens is 1. The van der Waals surface area contributed by atoms with Gasteiger partial charge in [0.05, 0.1) is 12.6 Å². The SMILES string of the molecule is NC(=O)CCC(NC(=O)C(N)CCCN=C(N)N)C(=O)NC(CO)C(=O)NC(Cc1c[nH]c2ccccc12)C(=O)O. The number of aliphatic carboxylic acids is 1. The topological polar surface area (TPSA) is 294 Å². The number of aliphatic imine (C=N–C) groups is 1. The van der Waals surface area contributed by atoms with Crippen LogP contribution in [0, 0.1) is 0 Å². The molecule has 224 valence electrons. The molecule has 16 nitrogen and oxygen atoms in total. The van der Waals surface area contributed by atoms with Crippen LogP contribution >= 0.6 is 0 Å². The zero-order valence-corrected chi connectivity index (χ0v) is 22.3. The molecule has 0 aliphatic carbocycles. The highest BCUT2D eigenvalue weighted by Crippen LogP contribution is 2.19. The number of benzene rings is 1. The van der Waals surface area contributed by atoms with Crippen molar-refractivity contribution in [2.45, 2.75) is 56.3 Å². The van der Waals surface area contributed by atoms with E-state index in [1.165, 1.54) is 0 Å². The highest BCUT2D eigenvalue weighted by molar-refractivity contribution is 5.94. The van der Waals surface area contributed by atoms with Crippen molar-refractivity contribution in [1.29, 1.82) is 0 Å². The van der Waals surface area contributed by atoms with Crippen LogP contribution in [-0.2, 0) is 30.4 Å². The first-order chi connectivity index (χ1) is 19.4. The lowest BCUT2D eigenvalue weighted by Gasteiger charge is -2.24. The number of rotatable bonds is 17. The number of nitrogens with zero attached hydrogens (tertiary/aromatic N) is 1. The Balaban J connectivity index is 2.06. The molecule has 14 N–H and O–H groups in total. The van der Waals surface area contributed by atoms with Crippen LogP contribution in [0.3, 0.4) is 0 Å². The van der Waals surface area contributed by atoms with E-state index < -0.39 is 60.4 Å². The number of nitrogens with one attached hydrogen (secondary N) is 4. The Hall–Kier alpha value is -4.70. The molecule has 4 unspecified atom stereocenters. The Bertz CT molecular complexity index is 1260. The maximum absolute atomic E-state index is 13.0. The first-order valence-corrected chi connectivity index (χ1v) is 12.8. The predicted molar refractivity (Wildman–Crippen MR) is 149 cm³/mol. The molecule has 0 bridgehead atoms. The van der Waals surface area contributed by atoms with E-state index in [4.69, 9.17) is 22.9 Å². The molecule has 0 fully saturated rings. The number of guanidine groups is 1. The maximum Gasteiger partial charge on any atom is 0.326 e. The van der Waals surface area contributed by atoms with Crippen molar-refractivity contribution in [2.75, 3.05) is 13.2 Å². The average Bonchev–Trinajstić information content (AvgIpc) is 3.33. The fourth-order valence-corrected chi connectivity index (χ4v) is 3.94. The third-order valence-corrected chi connectivity index (χ3v) is 6.15. The Morgan fingerprint density at radius 2 is 1.54 bits per heavy atom. The van der Waals surface area contributed by atoms with Crippen molar-refractivity contribution in [3.63, 3.8) is 0 Å². The third kappa shape index (κ3) is 10.4. The number of carboxylic acids is 1. The van der Waals surface area contributed by atoms with Crippen molar-refractivity contribution in [3.8, 4) is 0 Å². The van der Waals surface area contributed by atoms with E-state index in [1.54, 1.807) is 18.3 Å². The number of nitrogens with two attached hydrogens (primary N) is 4. The number of para-hydroxylation sites is 1. The van der Waals surface area contributed by atoms with Crippen LogP contribution in [0.1, 0.15) is 31.2 Å². The van der Waals surface area contributed by atoms with Gasteiger partial charge in [0.2, 0.25) is 23.6 Å². The summed E-state index contributed by atoms with van der Waals surface area (Å²) >= 11 is 0. The molecule has 0 spiro atoms. The molecular weight excluding hydrogens is 538 g/mol. The lowest BCUT2D eigenvalue weighted by molar-refractivity contribution is -0.142. The summed E-state index contributed by atoms with van der Waals surface area (Å²) < 4.78 is 0. The number of carboxylic acid groups (broad SMARTS) is 1. The molecule has 0 saturated heterocycles. The van der Waals surface area contributed by atoms with E-state index in [1.807, 2.05) is 12.1 Å². The molecule has 4 amide bonds. The summed E-state index contributed by atoms with van der Waals surface area (Å²) in [6.45, 7) is -0.641. The smallest absolute Gasteiger partial charge is 0.326 e. The second-order valence-corrected chi connectivity index (χ2v) is 9.33. The second kappa shape index (κ2) is 15.8. The van der Waals surface area contributed by atoms with Crippen LogP contribution in [0.25, 0.3) is 10.9 Å². The number of fused-ring (bicyclic) bond motifs is 1. The summed E-state index contributed by atoms with van der Waals surface area (Å²) in [6, 6.07) is 1.91. The molecule has 2 rings (SSSR count). The average molecular weight is 576 g/mol. The highest BCUT2D eigenvalue weighted by Gasteiger charge is 2.30. The van der Waals surface area contributed by atoms with Crippen molar-refractivity contribution in [3.05, 3.63) is 36.0 Å². The largest absolute Gasteiger partial charge is 0.480 e. The summed E-state index contributed by atoms with van der Waals surface area (Å²) in [5.74, 6) is -4.77. The maximum atomic E-state index is 13.0. The van der Waals surface area contributed by atoms with Crippen molar-refractivity contribution < 1.29 is 34.2 Å². The Labute approximate surface area is 235 Å². The normalized spacial score (nSPS) is 13.8. The number of primary amides is 1. The summed E-state index contributed by atoms with van der Waals surface area (Å²) in [4.78, 5) is 68.4. The molecule has 1 heterocycles. The number of aromatic amines is 1. The van der Waals surface area contributed by atoms with Crippen LogP contribution < -0.4 is 38.9 Å². The van der Waals surface area contributed by atoms with Crippen LogP contribution in [0.5, 0.6) is 0 Å². The van der Waals surface area contributed by atoms with Crippen LogP contribution in [0.4, 0.5) is 0 Å². The van der Waals surface area contributed by atoms with Gasteiger partial charge in [0.15, 0.2) is 5.96 Å². The van der Waals surface area contributed by atoms with Gasteiger partial charge >= 0.3 is 5.97 Å². The van der Waals surface area contributed by atoms with Gasteiger partial charge in [-0.1, -0.05) is 18.2 Å². The number of aliphatic hydroxyl groups excluding tert-OH is 1. The van der Waals surface area contributed by atoms with Gasteiger partial charge in [-0.25, -0.2) is 4.79 Å². The zero-order valence-electron chi connectivity index (χ0n) is 22.3. The number of carbonyl (C=O) groups is 5. The number of amides is 4. The standard InChI is InChI=1S/C25H37N9O7/c26-15(5-3-9-30-25(28)29)21(37)32-17(7-8-20(27)36)22(38)34-19(12-35)23(39)33-18(24(40)41)10-13-11-31-16-6-2-1-4-14(13)16/h1-2,4,6,11,15,17-19,31,35H,3,5,7-10,12,26H2,(H2,27,36)(H,32,37)(H,33,39)(H,34,38)(H,40,41)(H4,28,29,30). The van der Waals surface area contributed by atoms with Crippen molar-refractivity contribution >= 4 is 46.5 Å². The van der Waals surface area contributed by atoms with Gasteiger partial charge in [0.25, 0.3) is 0 Å². The first kappa shape index (κ1) is 32.5. The fourth-order valence-electron chi connectivity index (χ4n) is 3.94. The van der Waals surface area contributed by atoms with Gasteiger partial charge < -0.3 is 54.1 Å². The molecule has 1 aromatic heterocycles. The fraction of sp³-hybridized carbons (Fsp3) is 0.440. The van der Waals surface area contributed by atoms with Crippen LogP contribution in [0.15, 0.2) is 35.5 Å². The number of carbonyl (C=O) groups excluding carboxylic acids is 4. The van der Waals surface area contributed by atoms with Gasteiger partial charge in [0.1, 0.15) is 18.1 Å². The van der Waals surface area contributed by atoms with Crippen molar-refractivity contribution in [1.82, 2.24) is 20.9 Å². The molecule has 1 aromatic carbocycles. The molecule has 2 aromatic rings. The number of hydrogen-bond acceptors (Lipinski definition) is 8. The van der Waals surface area contributed by atoms with Gasteiger partial charge in [-0.2, -0.15) is 0 Å². The monoisotopic (exact) mass is 575 g/mol. The second-order valence-electron chi connectivity index (χ2n) is 9.33. The number of hydrogen-bond donors (Lipinski definition) is 10. The van der Waals surface area contributed by atoms with E-state index in [0.29, 0.717) is 12.0 Å². The predicted octanol–water partition coefficient (Wildman–Crippen LogP) is -3.11. The molecular formula is C25H37N9O7. The van der Waals surface area contributed by atoms with Crippen LogP contribution in [-0.4, -0.2) is 88.1 Å². The minimum atomic E-state index is -1.56. The van der Waals surface area contributed by atoms with Gasteiger partial charge in [-0.15, -0.1) is 0 Å². The lowest BCUT2D eigenvalue weighted by Crippen LogP contribution is -2.58. The quantitative estimate of drug-likeness (QED) is 0.0514. The highest BCUT2D eigenvalue weighted by atomic mass is 16.4. The zero-order chi connectivity index (χ0) is 30.5. The molecule has 4 atom stereocenters. The molecule has 0 aliphatic heterocycles. The van der Waals surface area contributed by atoms with E-state index in [-0.39, 0.29) is 38.2 Å². The van der Waals surface area contributed by atoms with E-state index >= 15 is 0 Å².